The fourth-order valence-electron chi connectivity index (χ4n) is 3.38. The van der Waals surface area contributed by atoms with E-state index in [4.69, 9.17) is 30.4 Å². The molecule has 1 saturated heterocycles. The summed E-state index contributed by atoms with van der Waals surface area (Å²) >= 11 is 0. The molecule has 1 fully saturated rings. The first-order valence-corrected chi connectivity index (χ1v) is 10.1. The smallest absolute Gasteiger partial charge is 0.290 e. The standard InChI is InChI=1S/C21H23FN4O4.CH2O2/c1-12(2)29-18-10-14-13(9-15(18)20(24)28)4-7-25-21(14)30-17-5-8-26(11-16(17)22)19(27)3-6-23;2-1-3/h4,7,9-10,12,16-17H,3,5,8,11H2,1-2H3,(H2,24,28);1H,(H,2,3)/t16-,17+;/m1./s1. The number of hydrogen-bond acceptors (Lipinski definition) is 7. The van der Waals surface area contributed by atoms with E-state index < -0.39 is 24.1 Å². The molecule has 1 aromatic heterocycles. The van der Waals surface area contributed by atoms with Crippen LogP contribution in [0.4, 0.5) is 4.39 Å². The molecule has 2 aromatic rings. The Labute approximate surface area is 189 Å². The lowest BCUT2D eigenvalue weighted by molar-refractivity contribution is -0.134. The summed E-state index contributed by atoms with van der Waals surface area (Å²) in [5, 5.41) is 16.8. The Bertz CT molecular complexity index is 1060. The number of carboxylic acid groups (broad SMARTS) is 1. The Balaban J connectivity index is 0.00000122. The van der Waals surface area contributed by atoms with Crippen molar-refractivity contribution in [1.82, 2.24) is 9.88 Å². The summed E-state index contributed by atoms with van der Waals surface area (Å²) in [6.07, 6.45) is -0.902. The zero-order chi connectivity index (χ0) is 24.5. The molecule has 10 nitrogen and oxygen atoms in total. The third-order valence-electron chi connectivity index (χ3n) is 4.78. The fraction of sp³-hybridized carbons (Fsp3) is 0.409. The van der Waals surface area contributed by atoms with E-state index in [1.54, 1.807) is 24.3 Å². The number of fused-ring (bicyclic) bond motifs is 1. The van der Waals surface area contributed by atoms with E-state index in [-0.39, 0.29) is 43.4 Å². The highest BCUT2D eigenvalue weighted by molar-refractivity contribution is 6.01. The predicted molar refractivity (Wildman–Crippen MR) is 115 cm³/mol. The average molecular weight is 460 g/mol. The number of pyridine rings is 1. The van der Waals surface area contributed by atoms with E-state index >= 15 is 0 Å². The van der Waals surface area contributed by atoms with Crippen LogP contribution in [-0.4, -0.2) is 64.7 Å². The van der Waals surface area contributed by atoms with Crippen molar-refractivity contribution in [3.8, 4) is 17.7 Å². The predicted octanol–water partition coefficient (Wildman–Crippen LogP) is 2.05. The quantitative estimate of drug-likeness (QED) is 0.621. The number of likely N-dealkylation sites (tertiary alicyclic amines) is 1. The van der Waals surface area contributed by atoms with Gasteiger partial charge in [-0.15, -0.1) is 0 Å². The van der Waals surface area contributed by atoms with Crippen LogP contribution >= 0.6 is 0 Å². The van der Waals surface area contributed by atoms with Gasteiger partial charge in [-0.05, 0) is 37.4 Å². The molecule has 33 heavy (non-hydrogen) atoms. The SMILES string of the molecule is CC(C)Oc1cc2c(O[C@H]3CCN(C(=O)CC#N)C[C@H]3F)nccc2cc1C(N)=O.O=CO. The summed E-state index contributed by atoms with van der Waals surface area (Å²) in [5.41, 5.74) is 5.72. The molecule has 2 heterocycles. The van der Waals surface area contributed by atoms with Gasteiger partial charge in [-0.1, -0.05) is 0 Å². The monoisotopic (exact) mass is 460 g/mol. The number of amides is 2. The zero-order valence-electron chi connectivity index (χ0n) is 18.2. The van der Waals surface area contributed by atoms with Gasteiger partial charge in [0.2, 0.25) is 11.8 Å². The van der Waals surface area contributed by atoms with Crippen LogP contribution in [0.5, 0.6) is 11.6 Å². The molecule has 0 radical (unpaired) electrons. The van der Waals surface area contributed by atoms with Crippen LogP contribution in [0.15, 0.2) is 24.4 Å². The Hall–Kier alpha value is -3.94. The largest absolute Gasteiger partial charge is 0.490 e. The molecule has 176 valence electrons. The summed E-state index contributed by atoms with van der Waals surface area (Å²) in [4.78, 5) is 37.6. The van der Waals surface area contributed by atoms with E-state index in [9.17, 15) is 14.0 Å². The number of piperidine rings is 1. The van der Waals surface area contributed by atoms with Crippen molar-refractivity contribution in [2.75, 3.05) is 13.1 Å². The number of ether oxygens (including phenoxy) is 2. The van der Waals surface area contributed by atoms with Crippen molar-refractivity contribution < 1.29 is 33.4 Å². The molecule has 11 heteroatoms. The Morgan fingerprint density at radius 2 is 2.15 bits per heavy atom. The van der Waals surface area contributed by atoms with Gasteiger partial charge in [0.05, 0.1) is 24.3 Å². The molecular formula is C22H25FN4O6. The second-order valence-electron chi connectivity index (χ2n) is 7.46. The lowest BCUT2D eigenvalue weighted by atomic mass is 10.0. The number of nitrogens with two attached hydrogens (primary N) is 1. The molecule has 3 N–H and O–H groups in total. The molecular weight excluding hydrogens is 435 g/mol. The van der Waals surface area contributed by atoms with Crippen LogP contribution in [0.2, 0.25) is 0 Å². The number of alkyl halides is 1. The van der Waals surface area contributed by atoms with E-state index in [2.05, 4.69) is 4.98 Å². The van der Waals surface area contributed by atoms with Gasteiger partial charge in [-0.3, -0.25) is 14.4 Å². The summed E-state index contributed by atoms with van der Waals surface area (Å²) in [7, 11) is 0. The van der Waals surface area contributed by atoms with E-state index in [1.165, 1.54) is 11.1 Å². The van der Waals surface area contributed by atoms with Crippen molar-refractivity contribution >= 4 is 29.1 Å². The van der Waals surface area contributed by atoms with E-state index in [1.807, 2.05) is 13.8 Å². The molecule has 0 aliphatic carbocycles. The van der Waals surface area contributed by atoms with Gasteiger partial charge in [-0.2, -0.15) is 5.26 Å². The number of hydrogen-bond donors (Lipinski definition) is 2. The van der Waals surface area contributed by atoms with Gasteiger partial charge in [0.1, 0.15) is 18.3 Å². The minimum absolute atomic E-state index is 0.135. The normalized spacial score (nSPS) is 17.5. The Morgan fingerprint density at radius 1 is 1.45 bits per heavy atom. The lowest BCUT2D eigenvalue weighted by Gasteiger charge is -2.34. The van der Waals surface area contributed by atoms with Crippen LogP contribution in [0.1, 0.15) is 37.0 Å². The molecule has 3 rings (SSSR count). The molecule has 1 aliphatic rings. The number of aromatic nitrogens is 1. The van der Waals surface area contributed by atoms with Gasteiger partial charge in [0.15, 0.2) is 6.17 Å². The summed E-state index contributed by atoms with van der Waals surface area (Å²) < 4.78 is 26.3. The summed E-state index contributed by atoms with van der Waals surface area (Å²) in [5.74, 6) is -0.500. The fourth-order valence-corrected chi connectivity index (χ4v) is 3.38. The van der Waals surface area contributed by atoms with Crippen LogP contribution in [-0.2, 0) is 9.59 Å². The number of rotatable bonds is 6. The molecule has 0 bridgehead atoms. The molecule has 2 amide bonds. The number of halogens is 1. The zero-order valence-corrected chi connectivity index (χ0v) is 18.2. The minimum atomic E-state index is -1.42. The Kier molecular flexibility index (Phi) is 8.91. The molecule has 0 unspecified atom stereocenters. The first-order chi connectivity index (χ1) is 15.7. The maximum Gasteiger partial charge on any atom is 0.290 e. The molecule has 1 aromatic carbocycles. The van der Waals surface area contributed by atoms with Crippen molar-refractivity contribution in [2.24, 2.45) is 5.73 Å². The molecule has 0 saturated carbocycles. The molecule has 2 atom stereocenters. The van der Waals surface area contributed by atoms with Crippen LogP contribution in [0.25, 0.3) is 10.8 Å². The number of nitriles is 1. The third kappa shape index (κ3) is 6.52. The second-order valence-corrected chi connectivity index (χ2v) is 7.46. The van der Waals surface area contributed by atoms with Gasteiger partial charge in [0.25, 0.3) is 12.4 Å². The number of primary amides is 1. The maximum atomic E-state index is 14.7. The van der Waals surface area contributed by atoms with Crippen molar-refractivity contribution in [1.29, 1.82) is 5.26 Å². The number of carbonyl (C=O) groups excluding carboxylic acids is 2. The van der Waals surface area contributed by atoms with Crippen molar-refractivity contribution in [2.45, 2.75) is 45.1 Å². The number of benzene rings is 1. The van der Waals surface area contributed by atoms with Gasteiger partial charge >= 0.3 is 0 Å². The maximum absolute atomic E-state index is 14.7. The van der Waals surface area contributed by atoms with E-state index in [0.717, 1.165) is 0 Å². The van der Waals surface area contributed by atoms with Crippen molar-refractivity contribution in [3.05, 3.63) is 30.0 Å². The third-order valence-corrected chi connectivity index (χ3v) is 4.78. The van der Waals surface area contributed by atoms with Crippen LogP contribution < -0.4 is 15.2 Å². The van der Waals surface area contributed by atoms with Gasteiger partial charge in [-0.25, -0.2) is 9.37 Å². The van der Waals surface area contributed by atoms with Gasteiger partial charge < -0.3 is 25.2 Å². The van der Waals surface area contributed by atoms with Crippen LogP contribution in [0, 0.1) is 11.3 Å². The molecule has 1 aliphatic heterocycles. The summed E-state index contributed by atoms with van der Waals surface area (Å²) in [6.45, 7) is 3.56. The number of carbonyl (C=O) groups is 3. The van der Waals surface area contributed by atoms with Crippen molar-refractivity contribution in [3.63, 3.8) is 0 Å². The topological polar surface area (TPSA) is 156 Å². The second kappa shape index (κ2) is 11.6. The van der Waals surface area contributed by atoms with Crippen LogP contribution in [0.3, 0.4) is 0 Å². The van der Waals surface area contributed by atoms with E-state index in [0.29, 0.717) is 23.1 Å². The highest BCUT2D eigenvalue weighted by Crippen LogP contribution is 2.33. The lowest BCUT2D eigenvalue weighted by Crippen LogP contribution is -2.49. The van der Waals surface area contributed by atoms with Gasteiger partial charge in [0, 0.05) is 24.5 Å². The molecule has 0 spiro atoms. The number of nitrogens with zero attached hydrogens (tertiary/aromatic N) is 3. The highest BCUT2D eigenvalue weighted by Gasteiger charge is 2.33. The summed E-state index contributed by atoms with van der Waals surface area (Å²) in [6, 6.07) is 6.70. The first kappa shape index (κ1) is 25.3. The highest BCUT2D eigenvalue weighted by atomic mass is 19.1. The first-order valence-electron chi connectivity index (χ1n) is 10.1. The average Bonchev–Trinajstić information content (AvgIpc) is 2.75. The Morgan fingerprint density at radius 3 is 2.73 bits per heavy atom. The minimum Gasteiger partial charge on any atom is -0.490 e.